The Kier molecular flexibility index (Phi) is 3.64. The number of nitrogens with one attached hydrogen (secondary N) is 1. The summed E-state index contributed by atoms with van der Waals surface area (Å²) in [6, 6.07) is 0. The lowest BCUT2D eigenvalue weighted by atomic mass is 10.4. The smallest absolute Gasteiger partial charge is 0.287 e. The average Bonchev–Trinajstić information content (AvgIpc) is 2.51. The van der Waals surface area contributed by atoms with Gasteiger partial charge in [-0.05, 0) is 0 Å². The summed E-state index contributed by atoms with van der Waals surface area (Å²) in [6.07, 6.45) is 3.15. The minimum atomic E-state index is -0.580. The largest absolute Gasteiger partial charge is 0.348 e. The number of rotatable bonds is 4. The number of ketones is 1. The Morgan fingerprint density at radius 2 is 2.36 bits per heavy atom. The standard InChI is InChI=1S/C8H10ClN3O2/c1-6(13)8(14)10-2-3-12-5-7(9)4-11-12/h4-5H,2-3H2,1H3,(H,10,14). The molecule has 0 radical (unpaired) electrons. The lowest BCUT2D eigenvalue weighted by Crippen LogP contribution is -2.31. The van der Waals surface area contributed by atoms with Crippen LogP contribution >= 0.6 is 11.6 Å². The number of carbonyl (C=O) groups excluding carboxylic acids is 2. The molecule has 1 aromatic heterocycles. The summed E-state index contributed by atoms with van der Waals surface area (Å²) < 4.78 is 1.59. The van der Waals surface area contributed by atoms with E-state index in [1.165, 1.54) is 13.1 Å². The topological polar surface area (TPSA) is 64.0 Å². The molecule has 0 saturated carbocycles. The molecular weight excluding hydrogens is 206 g/mol. The lowest BCUT2D eigenvalue weighted by molar-refractivity contribution is -0.136. The van der Waals surface area contributed by atoms with Crippen molar-refractivity contribution in [2.24, 2.45) is 0 Å². The number of carbonyl (C=O) groups is 2. The Morgan fingerprint density at radius 1 is 1.64 bits per heavy atom. The van der Waals surface area contributed by atoms with Crippen LogP contribution in [0.5, 0.6) is 0 Å². The maximum atomic E-state index is 10.8. The number of Topliss-reactive ketones (excluding diaryl/α,β-unsaturated/α-hetero) is 1. The minimum absolute atomic E-state index is 0.358. The molecule has 0 aliphatic heterocycles. The van der Waals surface area contributed by atoms with Crippen LogP contribution in [0.2, 0.25) is 5.02 Å². The zero-order valence-corrected chi connectivity index (χ0v) is 8.41. The van der Waals surface area contributed by atoms with Crippen molar-refractivity contribution in [1.82, 2.24) is 15.1 Å². The molecule has 1 N–H and O–H groups in total. The summed E-state index contributed by atoms with van der Waals surface area (Å²) >= 11 is 5.63. The molecule has 0 saturated heterocycles. The highest BCUT2D eigenvalue weighted by Crippen LogP contribution is 2.03. The van der Waals surface area contributed by atoms with Crippen molar-refractivity contribution in [3.63, 3.8) is 0 Å². The van der Waals surface area contributed by atoms with Crippen molar-refractivity contribution in [3.05, 3.63) is 17.4 Å². The normalized spacial score (nSPS) is 9.86. The molecule has 76 valence electrons. The number of amides is 1. The molecule has 14 heavy (non-hydrogen) atoms. The van der Waals surface area contributed by atoms with E-state index in [0.717, 1.165) is 0 Å². The summed E-state index contributed by atoms with van der Waals surface area (Å²) in [5.74, 6) is -1.08. The van der Waals surface area contributed by atoms with Crippen LogP contribution in [0.15, 0.2) is 12.4 Å². The summed E-state index contributed by atoms with van der Waals surface area (Å²) in [5, 5.41) is 6.90. The second-order valence-electron chi connectivity index (χ2n) is 2.73. The Labute approximate surface area is 86.0 Å². The molecule has 1 rings (SSSR count). The number of nitrogens with zero attached hydrogens (tertiary/aromatic N) is 2. The van der Waals surface area contributed by atoms with Crippen LogP contribution in [-0.2, 0) is 16.1 Å². The van der Waals surface area contributed by atoms with Crippen molar-refractivity contribution in [3.8, 4) is 0 Å². The molecule has 0 unspecified atom stereocenters. The third-order valence-corrected chi connectivity index (χ3v) is 1.74. The number of hydrogen-bond donors (Lipinski definition) is 1. The Bertz CT molecular complexity index is 348. The first-order chi connectivity index (χ1) is 6.59. The van der Waals surface area contributed by atoms with Crippen LogP contribution in [0.4, 0.5) is 0 Å². The quantitative estimate of drug-likeness (QED) is 0.732. The van der Waals surface area contributed by atoms with Gasteiger partial charge in [0.15, 0.2) is 0 Å². The van der Waals surface area contributed by atoms with Gasteiger partial charge < -0.3 is 5.32 Å². The molecule has 0 bridgehead atoms. The predicted molar refractivity (Wildman–Crippen MR) is 50.9 cm³/mol. The molecular formula is C8H10ClN3O2. The third-order valence-electron chi connectivity index (χ3n) is 1.55. The van der Waals surface area contributed by atoms with Crippen molar-refractivity contribution in [2.75, 3.05) is 6.54 Å². The van der Waals surface area contributed by atoms with Crippen molar-refractivity contribution in [2.45, 2.75) is 13.5 Å². The lowest BCUT2D eigenvalue weighted by Gasteiger charge is -2.02. The van der Waals surface area contributed by atoms with E-state index in [1.807, 2.05) is 0 Å². The van der Waals surface area contributed by atoms with E-state index >= 15 is 0 Å². The van der Waals surface area contributed by atoms with Crippen LogP contribution in [0.25, 0.3) is 0 Å². The molecule has 0 atom stereocenters. The van der Waals surface area contributed by atoms with Crippen molar-refractivity contribution >= 4 is 23.3 Å². The van der Waals surface area contributed by atoms with Gasteiger partial charge in [-0.3, -0.25) is 14.3 Å². The van der Waals surface area contributed by atoms with Gasteiger partial charge in [0.05, 0.1) is 17.8 Å². The summed E-state index contributed by atoms with van der Waals surface area (Å²) in [7, 11) is 0. The second kappa shape index (κ2) is 4.76. The van der Waals surface area contributed by atoms with E-state index in [2.05, 4.69) is 10.4 Å². The van der Waals surface area contributed by atoms with Crippen LogP contribution in [0, 0.1) is 0 Å². The maximum Gasteiger partial charge on any atom is 0.287 e. The summed E-state index contributed by atoms with van der Waals surface area (Å²) in [6.45, 7) is 2.07. The Hall–Kier alpha value is -1.36. The summed E-state index contributed by atoms with van der Waals surface area (Å²) in [5.41, 5.74) is 0. The van der Waals surface area contributed by atoms with Gasteiger partial charge in [0.1, 0.15) is 0 Å². The fourth-order valence-corrected chi connectivity index (χ4v) is 1.03. The third kappa shape index (κ3) is 3.18. The predicted octanol–water partition coefficient (Wildman–Crippen LogP) is 0.242. The molecule has 6 heteroatoms. The van der Waals surface area contributed by atoms with Crippen LogP contribution in [0.3, 0.4) is 0 Å². The fourth-order valence-electron chi connectivity index (χ4n) is 0.869. The molecule has 1 amide bonds. The highest BCUT2D eigenvalue weighted by molar-refractivity contribution is 6.35. The van der Waals surface area contributed by atoms with Gasteiger partial charge >= 0.3 is 0 Å². The minimum Gasteiger partial charge on any atom is -0.348 e. The van der Waals surface area contributed by atoms with Gasteiger partial charge in [0.25, 0.3) is 5.91 Å². The van der Waals surface area contributed by atoms with Gasteiger partial charge in [0.2, 0.25) is 5.78 Å². The van der Waals surface area contributed by atoms with E-state index in [9.17, 15) is 9.59 Å². The van der Waals surface area contributed by atoms with E-state index in [1.54, 1.807) is 10.9 Å². The van der Waals surface area contributed by atoms with E-state index in [4.69, 9.17) is 11.6 Å². The summed E-state index contributed by atoms with van der Waals surface area (Å²) in [4.78, 5) is 21.4. The first-order valence-electron chi connectivity index (χ1n) is 4.06. The van der Waals surface area contributed by atoms with Gasteiger partial charge in [-0.25, -0.2) is 0 Å². The molecule has 5 nitrogen and oxygen atoms in total. The number of aromatic nitrogens is 2. The molecule has 0 aliphatic rings. The van der Waals surface area contributed by atoms with Crippen LogP contribution in [-0.4, -0.2) is 28.0 Å². The zero-order chi connectivity index (χ0) is 10.6. The van der Waals surface area contributed by atoms with Gasteiger partial charge in [-0.2, -0.15) is 5.10 Å². The van der Waals surface area contributed by atoms with Crippen molar-refractivity contribution < 1.29 is 9.59 Å². The SMILES string of the molecule is CC(=O)C(=O)NCCn1cc(Cl)cn1. The first kappa shape index (κ1) is 10.7. The molecule has 0 aromatic carbocycles. The zero-order valence-electron chi connectivity index (χ0n) is 7.66. The highest BCUT2D eigenvalue weighted by Gasteiger charge is 2.05. The molecule has 1 aromatic rings. The van der Waals surface area contributed by atoms with E-state index < -0.39 is 11.7 Å². The molecule has 0 spiro atoms. The second-order valence-corrected chi connectivity index (χ2v) is 3.17. The fraction of sp³-hybridized carbons (Fsp3) is 0.375. The monoisotopic (exact) mass is 215 g/mol. The van der Waals surface area contributed by atoms with Crippen LogP contribution < -0.4 is 5.32 Å². The molecule has 0 fully saturated rings. The van der Waals surface area contributed by atoms with Gasteiger partial charge in [-0.15, -0.1) is 0 Å². The molecule has 0 aliphatic carbocycles. The number of hydrogen-bond acceptors (Lipinski definition) is 3. The number of halogens is 1. The Morgan fingerprint density at radius 3 is 2.86 bits per heavy atom. The maximum absolute atomic E-state index is 10.8. The van der Waals surface area contributed by atoms with Crippen LogP contribution in [0.1, 0.15) is 6.92 Å². The van der Waals surface area contributed by atoms with E-state index in [-0.39, 0.29) is 0 Å². The first-order valence-corrected chi connectivity index (χ1v) is 4.44. The average molecular weight is 216 g/mol. The van der Waals surface area contributed by atoms with Gasteiger partial charge in [-0.1, -0.05) is 11.6 Å². The van der Waals surface area contributed by atoms with E-state index in [0.29, 0.717) is 18.1 Å². The van der Waals surface area contributed by atoms with Gasteiger partial charge in [0, 0.05) is 19.7 Å². The molecule has 1 heterocycles. The van der Waals surface area contributed by atoms with Crippen molar-refractivity contribution in [1.29, 1.82) is 0 Å². The Balaban J connectivity index is 2.29. The highest BCUT2D eigenvalue weighted by atomic mass is 35.5.